The Labute approximate surface area is 119 Å². The summed E-state index contributed by atoms with van der Waals surface area (Å²) in [5.41, 5.74) is 1.17. The predicted molar refractivity (Wildman–Crippen MR) is 77.2 cm³/mol. The summed E-state index contributed by atoms with van der Waals surface area (Å²) < 4.78 is 25.5. The van der Waals surface area contributed by atoms with Gasteiger partial charge < -0.3 is 4.90 Å². The van der Waals surface area contributed by atoms with Gasteiger partial charge >= 0.3 is 0 Å². The van der Waals surface area contributed by atoms with Crippen molar-refractivity contribution in [3.8, 4) is 0 Å². The van der Waals surface area contributed by atoms with Crippen molar-refractivity contribution in [3.05, 3.63) is 29.8 Å². The second kappa shape index (κ2) is 4.30. The van der Waals surface area contributed by atoms with E-state index in [1.807, 2.05) is 24.3 Å². The van der Waals surface area contributed by atoms with Crippen LogP contribution in [-0.4, -0.2) is 44.5 Å². The van der Waals surface area contributed by atoms with Crippen LogP contribution in [0.2, 0.25) is 0 Å². The highest BCUT2D eigenvalue weighted by molar-refractivity contribution is 7.89. The summed E-state index contributed by atoms with van der Waals surface area (Å²) in [5, 5.41) is 0. The number of carbonyl (C=O) groups is 1. The van der Waals surface area contributed by atoms with Crippen molar-refractivity contribution >= 4 is 21.6 Å². The molecule has 20 heavy (non-hydrogen) atoms. The number of sulfonamides is 1. The van der Waals surface area contributed by atoms with E-state index in [2.05, 4.69) is 0 Å². The number of hydrogen-bond acceptors (Lipinski definition) is 3. The number of para-hydroxylation sites is 1. The van der Waals surface area contributed by atoms with E-state index in [-0.39, 0.29) is 18.2 Å². The van der Waals surface area contributed by atoms with Crippen molar-refractivity contribution in [2.75, 3.05) is 30.8 Å². The van der Waals surface area contributed by atoms with Crippen LogP contribution in [0.1, 0.15) is 18.9 Å². The van der Waals surface area contributed by atoms with Gasteiger partial charge in [-0.2, -0.15) is 0 Å². The molecular weight excluding hydrogens is 276 g/mol. The van der Waals surface area contributed by atoms with E-state index < -0.39 is 15.4 Å². The highest BCUT2D eigenvalue weighted by Gasteiger charge is 2.54. The summed E-state index contributed by atoms with van der Waals surface area (Å²) in [5.74, 6) is 0.0851. The zero-order valence-electron chi connectivity index (χ0n) is 11.7. The van der Waals surface area contributed by atoms with E-state index in [1.165, 1.54) is 4.31 Å². The van der Waals surface area contributed by atoms with Gasteiger partial charge in [-0.25, -0.2) is 12.7 Å². The van der Waals surface area contributed by atoms with E-state index in [0.717, 1.165) is 11.3 Å². The Morgan fingerprint density at radius 3 is 2.70 bits per heavy atom. The van der Waals surface area contributed by atoms with Crippen LogP contribution >= 0.6 is 0 Å². The minimum atomic E-state index is -3.24. The lowest BCUT2D eigenvalue weighted by atomic mass is 9.81. The number of carbonyl (C=O) groups excluding carboxylic acids is 1. The van der Waals surface area contributed by atoms with Crippen molar-refractivity contribution in [2.24, 2.45) is 0 Å². The third kappa shape index (κ3) is 1.64. The van der Waals surface area contributed by atoms with Gasteiger partial charge in [0.05, 0.1) is 11.2 Å². The Kier molecular flexibility index (Phi) is 2.92. The number of nitrogens with zero attached hydrogens (tertiary/aromatic N) is 2. The van der Waals surface area contributed by atoms with Crippen molar-refractivity contribution in [1.29, 1.82) is 0 Å². The maximum Gasteiger partial charge on any atom is 0.238 e. The van der Waals surface area contributed by atoms with Gasteiger partial charge in [-0.3, -0.25) is 4.79 Å². The molecule has 1 atom stereocenters. The van der Waals surface area contributed by atoms with Gasteiger partial charge in [-0.1, -0.05) is 18.2 Å². The van der Waals surface area contributed by atoms with E-state index in [9.17, 15) is 13.2 Å². The lowest BCUT2D eigenvalue weighted by molar-refractivity contribution is -0.122. The number of benzene rings is 1. The molecule has 1 fully saturated rings. The van der Waals surface area contributed by atoms with Gasteiger partial charge in [0.15, 0.2) is 0 Å². The zero-order chi connectivity index (χ0) is 14.5. The lowest BCUT2D eigenvalue weighted by Crippen LogP contribution is -2.42. The SMILES string of the molecule is CCS(=O)(=O)N1CC[C@]2(C1)C(=O)N(C)c1ccccc12. The van der Waals surface area contributed by atoms with Crippen LogP contribution in [0.5, 0.6) is 0 Å². The molecule has 2 aliphatic rings. The van der Waals surface area contributed by atoms with Crippen LogP contribution in [0, 0.1) is 0 Å². The maximum absolute atomic E-state index is 12.7. The number of likely N-dealkylation sites (N-methyl/N-ethyl adjacent to an activating group) is 1. The third-order valence-corrected chi connectivity index (χ3v) is 6.32. The smallest absolute Gasteiger partial charge is 0.238 e. The Hall–Kier alpha value is -1.40. The fourth-order valence-corrected chi connectivity index (χ4v) is 4.46. The molecule has 1 amide bonds. The molecule has 1 saturated heterocycles. The molecule has 6 heteroatoms. The molecule has 0 aliphatic carbocycles. The van der Waals surface area contributed by atoms with E-state index in [1.54, 1.807) is 18.9 Å². The summed E-state index contributed by atoms with van der Waals surface area (Å²) in [4.78, 5) is 14.3. The number of anilines is 1. The second-order valence-corrected chi connectivity index (χ2v) is 7.71. The molecule has 0 saturated carbocycles. The Balaban J connectivity index is 2.05. The standard InChI is InChI=1S/C14H18N2O3S/c1-3-20(18,19)16-9-8-14(10-16)11-6-4-5-7-12(11)15(2)13(14)17/h4-7H,3,8-10H2,1-2H3/t14-/m1/s1. The zero-order valence-corrected chi connectivity index (χ0v) is 12.5. The summed E-state index contributed by atoms with van der Waals surface area (Å²) in [6, 6.07) is 7.67. The first-order valence-corrected chi connectivity index (χ1v) is 8.39. The molecule has 0 N–H and O–H groups in total. The molecule has 108 valence electrons. The Morgan fingerprint density at radius 1 is 1.30 bits per heavy atom. The number of amides is 1. The van der Waals surface area contributed by atoms with Gasteiger partial charge in [-0.15, -0.1) is 0 Å². The van der Waals surface area contributed by atoms with Gasteiger partial charge in [0.25, 0.3) is 0 Å². The predicted octanol–water partition coefficient (Wildman–Crippen LogP) is 0.956. The van der Waals surface area contributed by atoms with E-state index in [4.69, 9.17) is 0 Å². The number of fused-ring (bicyclic) bond motifs is 2. The normalized spacial score (nSPS) is 26.5. The van der Waals surface area contributed by atoms with Crippen LogP contribution < -0.4 is 4.90 Å². The van der Waals surface area contributed by atoms with Gasteiger partial charge in [0, 0.05) is 25.8 Å². The Bertz CT molecular complexity index is 671. The molecule has 0 bridgehead atoms. The summed E-state index contributed by atoms with van der Waals surface area (Å²) in [6.07, 6.45) is 0.562. The van der Waals surface area contributed by atoms with Crippen LogP contribution in [-0.2, 0) is 20.2 Å². The van der Waals surface area contributed by atoms with Gasteiger partial charge in [-0.05, 0) is 25.0 Å². The third-order valence-electron chi connectivity index (χ3n) is 4.49. The summed E-state index contributed by atoms with van der Waals surface area (Å²) >= 11 is 0. The molecule has 5 nitrogen and oxygen atoms in total. The van der Waals surface area contributed by atoms with Crippen molar-refractivity contribution in [3.63, 3.8) is 0 Å². The lowest BCUT2D eigenvalue weighted by Gasteiger charge is -2.23. The topological polar surface area (TPSA) is 57.7 Å². The highest BCUT2D eigenvalue weighted by atomic mass is 32.2. The first kappa shape index (κ1) is 13.6. The number of hydrogen-bond donors (Lipinski definition) is 0. The van der Waals surface area contributed by atoms with Crippen molar-refractivity contribution in [2.45, 2.75) is 18.8 Å². The summed E-state index contributed by atoms with van der Waals surface area (Å²) in [6.45, 7) is 2.32. The monoisotopic (exact) mass is 294 g/mol. The molecule has 1 aromatic rings. The molecule has 3 rings (SSSR count). The van der Waals surface area contributed by atoms with E-state index >= 15 is 0 Å². The van der Waals surface area contributed by atoms with Crippen molar-refractivity contribution in [1.82, 2.24) is 4.31 Å². The molecule has 0 aromatic heterocycles. The van der Waals surface area contributed by atoms with Crippen LogP contribution in [0.15, 0.2) is 24.3 Å². The fraction of sp³-hybridized carbons (Fsp3) is 0.500. The second-order valence-electron chi connectivity index (χ2n) is 5.45. The Morgan fingerprint density at radius 2 is 2.00 bits per heavy atom. The molecular formula is C14H18N2O3S. The summed E-state index contributed by atoms with van der Waals surface area (Å²) in [7, 11) is -1.49. The van der Waals surface area contributed by atoms with Crippen molar-refractivity contribution < 1.29 is 13.2 Å². The minimum Gasteiger partial charge on any atom is -0.314 e. The molecule has 2 heterocycles. The number of rotatable bonds is 2. The maximum atomic E-state index is 12.7. The molecule has 1 aromatic carbocycles. The average molecular weight is 294 g/mol. The average Bonchev–Trinajstić information content (AvgIpc) is 2.99. The first-order chi connectivity index (χ1) is 9.42. The quantitative estimate of drug-likeness (QED) is 0.816. The van der Waals surface area contributed by atoms with Crippen LogP contribution in [0.25, 0.3) is 0 Å². The van der Waals surface area contributed by atoms with Crippen LogP contribution in [0.4, 0.5) is 5.69 Å². The molecule has 1 spiro atoms. The first-order valence-electron chi connectivity index (χ1n) is 6.78. The minimum absolute atomic E-state index is 0.00695. The van der Waals surface area contributed by atoms with Gasteiger partial charge in [0.2, 0.25) is 15.9 Å². The van der Waals surface area contributed by atoms with E-state index in [0.29, 0.717) is 13.0 Å². The molecule has 0 unspecified atom stereocenters. The largest absolute Gasteiger partial charge is 0.314 e. The molecule has 2 aliphatic heterocycles. The highest BCUT2D eigenvalue weighted by Crippen LogP contribution is 2.47. The molecule has 0 radical (unpaired) electrons. The van der Waals surface area contributed by atoms with Crippen LogP contribution in [0.3, 0.4) is 0 Å². The fourth-order valence-electron chi connectivity index (χ4n) is 3.31. The van der Waals surface area contributed by atoms with Gasteiger partial charge in [0.1, 0.15) is 0 Å².